The number of aromatic nitrogens is 4. The first-order valence-corrected chi connectivity index (χ1v) is 19.2. The Balaban J connectivity index is 1.09. The number of rotatable bonds is 11. The van der Waals surface area contributed by atoms with Crippen LogP contribution in [0.2, 0.25) is 5.02 Å². The number of carbonyl (C=O) groups excluding carboxylic acids is 2. The lowest BCUT2D eigenvalue weighted by Crippen LogP contribution is -2.36. The lowest BCUT2D eigenvalue weighted by Gasteiger charge is -2.27. The predicted octanol–water partition coefficient (Wildman–Crippen LogP) is 7.37. The second kappa shape index (κ2) is 16.3. The molecule has 0 fully saturated rings. The van der Waals surface area contributed by atoms with Gasteiger partial charge >= 0.3 is 12.1 Å². The van der Waals surface area contributed by atoms with Crippen molar-refractivity contribution < 1.29 is 23.8 Å². The number of unbranched alkanes of at least 4 members (excludes halogenated alkanes) is 1. The standard InChI is InChI=1S/C40H40ClN7O5S/c1-4-52-34(49)16-7-8-19-47(51)37(29-13-10-18-42-22-29)28-12-9-11-27(21-28)24-53-40(50)46-20-17-31-33(23-46)54-39-35(31)36(30-14-5-6-15-32(30)41)43-25(2)38-45-44-26(3)48(38)39/h5-6,9-15,18,21-22,25H,4,7-8,16-17,19-20,23-24H2,1-3H3/b47-37-. The SMILES string of the molecule is CCOC(=O)CCCC/[N+]([O-])=C(/c1cccnc1)c1cccc(COC(=O)N2CCc3c(sc4c3C(c3ccccc3Cl)=NC(C)c3nnc(C)n3-4)C2)c1. The third kappa shape index (κ3) is 7.64. The Morgan fingerprint density at radius 1 is 1.06 bits per heavy atom. The zero-order valence-corrected chi connectivity index (χ0v) is 31.9. The number of aliphatic imine (C=N–C) groups is 1. The molecule has 5 heterocycles. The smallest absolute Gasteiger partial charge is 0.410 e. The molecule has 1 unspecified atom stereocenters. The van der Waals surface area contributed by atoms with Crippen LogP contribution in [-0.2, 0) is 33.8 Å². The minimum Gasteiger partial charge on any atom is -0.623 e. The zero-order valence-electron chi connectivity index (χ0n) is 30.3. The van der Waals surface area contributed by atoms with E-state index in [0.717, 1.165) is 54.2 Å². The second-order valence-corrected chi connectivity index (χ2v) is 14.6. The van der Waals surface area contributed by atoms with E-state index in [1.54, 1.807) is 41.6 Å². The highest BCUT2D eigenvalue weighted by atomic mass is 35.5. The number of thiophene rings is 1. The number of carbonyl (C=O) groups is 2. The molecule has 0 N–H and O–H groups in total. The van der Waals surface area contributed by atoms with Crippen molar-refractivity contribution in [2.45, 2.75) is 65.6 Å². The number of esters is 1. The normalized spacial score (nSPS) is 15.3. The van der Waals surface area contributed by atoms with Crippen LogP contribution in [0.25, 0.3) is 5.00 Å². The maximum absolute atomic E-state index is 13.6. The van der Waals surface area contributed by atoms with Gasteiger partial charge < -0.3 is 19.6 Å². The molecule has 7 rings (SSSR count). The van der Waals surface area contributed by atoms with E-state index in [1.807, 2.05) is 68.4 Å². The molecule has 2 aromatic carbocycles. The van der Waals surface area contributed by atoms with Crippen LogP contribution in [0.3, 0.4) is 0 Å². The molecule has 0 saturated carbocycles. The van der Waals surface area contributed by atoms with E-state index in [1.165, 1.54) is 0 Å². The van der Waals surface area contributed by atoms with Gasteiger partial charge in [0.2, 0.25) is 5.71 Å². The molecule has 14 heteroatoms. The lowest BCUT2D eigenvalue weighted by molar-refractivity contribution is -0.457. The average molecular weight is 766 g/mol. The number of nitrogens with zero attached hydrogens (tertiary/aromatic N) is 7. The van der Waals surface area contributed by atoms with Gasteiger partial charge in [0.05, 0.1) is 24.4 Å². The van der Waals surface area contributed by atoms with E-state index >= 15 is 0 Å². The van der Waals surface area contributed by atoms with Gasteiger partial charge in [-0.3, -0.25) is 19.3 Å². The molecule has 5 aromatic rings. The van der Waals surface area contributed by atoms with Gasteiger partial charge in [-0.1, -0.05) is 41.9 Å². The third-order valence-corrected chi connectivity index (χ3v) is 11.0. The van der Waals surface area contributed by atoms with Crippen molar-refractivity contribution in [3.05, 3.63) is 133 Å². The van der Waals surface area contributed by atoms with Crippen molar-refractivity contribution in [3.63, 3.8) is 0 Å². The Morgan fingerprint density at radius 2 is 1.89 bits per heavy atom. The highest BCUT2D eigenvalue weighted by molar-refractivity contribution is 7.15. The van der Waals surface area contributed by atoms with Crippen LogP contribution in [0.15, 0.2) is 78.0 Å². The van der Waals surface area contributed by atoms with Gasteiger partial charge in [0.25, 0.3) is 0 Å². The highest BCUT2D eigenvalue weighted by Crippen LogP contribution is 2.42. The first-order valence-electron chi connectivity index (χ1n) is 18.0. The molecule has 0 bridgehead atoms. The van der Waals surface area contributed by atoms with Gasteiger partial charge in [-0.05, 0) is 75.1 Å². The first-order chi connectivity index (χ1) is 26.2. The molecular weight excluding hydrogens is 726 g/mol. The van der Waals surface area contributed by atoms with E-state index in [0.29, 0.717) is 60.8 Å². The Hall–Kier alpha value is -5.40. The summed E-state index contributed by atoms with van der Waals surface area (Å²) in [6.07, 6.45) is 4.81. The van der Waals surface area contributed by atoms with Crippen molar-refractivity contribution in [2.24, 2.45) is 4.99 Å². The average Bonchev–Trinajstić information content (AvgIpc) is 3.72. The number of aryl methyl sites for hydroxylation is 1. The number of fused-ring (bicyclic) bond motifs is 5. The summed E-state index contributed by atoms with van der Waals surface area (Å²) in [7, 11) is 0. The van der Waals surface area contributed by atoms with Gasteiger partial charge in [0.1, 0.15) is 23.5 Å². The van der Waals surface area contributed by atoms with Crippen molar-refractivity contribution in [2.75, 3.05) is 19.7 Å². The summed E-state index contributed by atoms with van der Waals surface area (Å²) in [5.74, 6) is 1.26. The molecule has 1 atom stereocenters. The summed E-state index contributed by atoms with van der Waals surface area (Å²) >= 11 is 8.36. The molecule has 1 amide bonds. The summed E-state index contributed by atoms with van der Waals surface area (Å²) in [6.45, 7) is 7.12. The van der Waals surface area contributed by atoms with E-state index in [9.17, 15) is 14.8 Å². The number of hydrogen-bond donors (Lipinski definition) is 0. The van der Waals surface area contributed by atoms with Crippen molar-refractivity contribution in [3.8, 4) is 5.00 Å². The first kappa shape index (κ1) is 36.9. The second-order valence-electron chi connectivity index (χ2n) is 13.1. The fraction of sp³-hybridized carbons (Fsp3) is 0.325. The van der Waals surface area contributed by atoms with Crippen molar-refractivity contribution in [1.82, 2.24) is 24.6 Å². The number of pyridine rings is 1. The summed E-state index contributed by atoms with van der Waals surface area (Å²) < 4.78 is 13.9. The molecule has 2 aliphatic heterocycles. The summed E-state index contributed by atoms with van der Waals surface area (Å²) in [5, 5.41) is 24.0. The van der Waals surface area contributed by atoms with Crippen molar-refractivity contribution in [1.29, 1.82) is 0 Å². The molecule has 2 aliphatic rings. The van der Waals surface area contributed by atoms with Crippen molar-refractivity contribution >= 4 is 46.4 Å². The molecule has 0 saturated heterocycles. The monoisotopic (exact) mass is 765 g/mol. The molecule has 12 nitrogen and oxygen atoms in total. The van der Waals surface area contributed by atoms with Gasteiger partial charge in [-0.2, -0.15) is 0 Å². The quantitative estimate of drug-likeness (QED) is 0.0339. The molecule has 0 aliphatic carbocycles. The molecule has 0 radical (unpaired) electrons. The number of halogens is 1. The third-order valence-electron chi connectivity index (χ3n) is 9.46. The van der Waals surface area contributed by atoms with Crippen LogP contribution in [0.5, 0.6) is 0 Å². The Labute approximate surface area is 322 Å². The van der Waals surface area contributed by atoms with E-state index in [4.69, 9.17) is 26.1 Å². The van der Waals surface area contributed by atoms with E-state index < -0.39 is 6.09 Å². The van der Waals surface area contributed by atoms with E-state index in [2.05, 4.69) is 19.7 Å². The Bertz CT molecular complexity index is 2250. The topological polar surface area (TPSA) is 138 Å². The number of hydroxylamine groups is 1. The summed E-state index contributed by atoms with van der Waals surface area (Å²) in [4.78, 5) is 37.5. The van der Waals surface area contributed by atoms with Crippen LogP contribution in [0, 0.1) is 12.1 Å². The predicted molar refractivity (Wildman–Crippen MR) is 207 cm³/mol. The van der Waals surface area contributed by atoms with Crippen LogP contribution in [0.4, 0.5) is 4.79 Å². The highest BCUT2D eigenvalue weighted by Gasteiger charge is 2.35. The summed E-state index contributed by atoms with van der Waals surface area (Å²) in [6, 6.07) is 18.5. The minimum absolute atomic E-state index is 0.0279. The van der Waals surface area contributed by atoms with Gasteiger partial charge in [0.15, 0.2) is 12.4 Å². The summed E-state index contributed by atoms with van der Waals surface area (Å²) in [5.41, 5.74) is 6.35. The Morgan fingerprint density at radius 3 is 2.69 bits per heavy atom. The largest absolute Gasteiger partial charge is 0.623 e. The fourth-order valence-corrected chi connectivity index (χ4v) is 8.54. The number of ether oxygens (including phenoxy) is 2. The van der Waals surface area contributed by atoms with Crippen LogP contribution in [-0.4, -0.2) is 72.6 Å². The minimum atomic E-state index is -0.423. The van der Waals surface area contributed by atoms with Crippen LogP contribution in [0.1, 0.15) is 89.1 Å². The Kier molecular flexibility index (Phi) is 11.2. The molecular formula is C40H40ClN7O5S. The molecule has 0 spiro atoms. The van der Waals surface area contributed by atoms with Gasteiger partial charge in [-0.15, -0.1) is 21.5 Å². The molecule has 3 aromatic heterocycles. The maximum atomic E-state index is 13.6. The van der Waals surface area contributed by atoms with E-state index in [-0.39, 0.29) is 31.6 Å². The number of amides is 1. The molecule has 278 valence electrons. The zero-order chi connectivity index (χ0) is 37.8. The van der Waals surface area contributed by atoms with Gasteiger partial charge in [-0.25, -0.2) is 9.53 Å². The number of hydrogen-bond acceptors (Lipinski definition) is 10. The maximum Gasteiger partial charge on any atom is 0.410 e. The van der Waals surface area contributed by atoms with Crippen LogP contribution < -0.4 is 0 Å². The molecule has 54 heavy (non-hydrogen) atoms. The fourth-order valence-electron chi connectivity index (χ4n) is 6.89. The number of benzene rings is 2. The van der Waals surface area contributed by atoms with Gasteiger partial charge in [0, 0.05) is 58.4 Å². The lowest BCUT2D eigenvalue weighted by atomic mass is 9.95. The van der Waals surface area contributed by atoms with Crippen LogP contribution >= 0.6 is 22.9 Å².